The molecule has 0 spiro atoms. The maximum absolute atomic E-state index is 13.0. The van der Waals surface area contributed by atoms with Gasteiger partial charge in [0, 0.05) is 16.3 Å². The fraction of sp³-hybridized carbons (Fsp3) is 0.222. The number of nitrogens with one attached hydrogen (secondary N) is 1. The summed E-state index contributed by atoms with van der Waals surface area (Å²) in [5, 5.41) is 3.49. The first-order valence-electron chi connectivity index (χ1n) is 7.91. The SMILES string of the molecule is CC1(c2ccc(S(C)(=O)=O)cc2)NC(=O)N(Cc2ccc(Cl)cc2Cl)C1=O. The third-order valence-corrected chi connectivity index (χ3v) is 6.19. The maximum Gasteiger partial charge on any atom is 0.325 e. The summed E-state index contributed by atoms with van der Waals surface area (Å²) >= 11 is 12.0. The number of amides is 3. The van der Waals surface area contributed by atoms with Crippen molar-refractivity contribution < 1.29 is 18.0 Å². The van der Waals surface area contributed by atoms with Crippen molar-refractivity contribution in [1.82, 2.24) is 10.2 Å². The number of carbonyl (C=O) groups excluding carboxylic acids is 2. The van der Waals surface area contributed by atoms with E-state index >= 15 is 0 Å². The Kier molecular flexibility index (Phi) is 4.96. The van der Waals surface area contributed by atoms with Crippen molar-refractivity contribution in [3.8, 4) is 0 Å². The highest BCUT2D eigenvalue weighted by molar-refractivity contribution is 7.90. The van der Waals surface area contributed by atoms with Gasteiger partial charge < -0.3 is 5.32 Å². The molecule has 0 saturated carbocycles. The Labute approximate surface area is 167 Å². The molecule has 1 aliphatic heterocycles. The number of carbonyl (C=O) groups is 2. The standard InChI is InChI=1S/C18H16Cl2N2O4S/c1-18(12-4-7-14(8-5-12)27(2,25)26)16(23)22(17(24)21-18)10-11-3-6-13(19)9-15(11)20/h3-9H,10H2,1-2H3,(H,21,24). The molecule has 1 heterocycles. The molecule has 0 aromatic heterocycles. The van der Waals surface area contributed by atoms with Gasteiger partial charge in [0.2, 0.25) is 0 Å². The number of imide groups is 1. The minimum absolute atomic E-state index is 0.00230. The Hall–Kier alpha value is -2.09. The number of benzene rings is 2. The van der Waals surface area contributed by atoms with Crippen LogP contribution in [0.1, 0.15) is 18.1 Å². The number of sulfone groups is 1. The lowest BCUT2D eigenvalue weighted by Crippen LogP contribution is -2.40. The highest BCUT2D eigenvalue weighted by Gasteiger charge is 2.49. The second kappa shape index (κ2) is 6.82. The first-order chi connectivity index (χ1) is 12.5. The van der Waals surface area contributed by atoms with Gasteiger partial charge in [-0.2, -0.15) is 0 Å². The minimum atomic E-state index is -3.36. The second-order valence-corrected chi connectivity index (χ2v) is 9.34. The molecule has 1 saturated heterocycles. The highest BCUT2D eigenvalue weighted by Crippen LogP contribution is 2.31. The predicted octanol–water partition coefficient (Wildman–Crippen LogP) is 3.36. The van der Waals surface area contributed by atoms with Crippen molar-refractivity contribution >= 4 is 45.0 Å². The average Bonchev–Trinajstić information content (AvgIpc) is 2.80. The molecule has 3 amide bonds. The van der Waals surface area contributed by atoms with Crippen LogP contribution in [0.2, 0.25) is 10.0 Å². The lowest BCUT2D eigenvalue weighted by molar-refractivity contribution is -0.131. The molecule has 6 nitrogen and oxygen atoms in total. The summed E-state index contributed by atoms with van der Waals surface area (Å²) in [7, 11) is -3.36. The monoisotopic (exact) mass is 426 g/mol. The van der Waals surface area contributed by atoms with Crippen molar-refractivity contribution in [2.75, 3.05) is 6.26 Å². The third-order valence-electron chi connectivity index (χ3n) is 4.48. The van der Waals surface area contributed by atoms with E-state index in [4.69, 9.17) is 23.2 Å². The fourth-order valence-electron chi connectivity index (χ4n) is 2.89. The molecular formula is C18H16Cl2N2O4S. The fourth-order valence-corrected chi connectivity index (χ4v) is 3.99. The van der Waals surface area contributed by atoms with E-state index in [0.717, 1.165) is 11.2 Å². The van der Waals surface area contributed by atoms with Crippen LogP contribution in [0.25, 0.3) is 0 Å². The molecule has 1 fully saturated rings. The minimum Gasteiger partial charge on any atom is -0.319 e. The Balaban J connectivity index is 1.90. The van der Waals surface area contributed by atoms with Crippen LogP contribution in [0, 0.1) is 0 Å². The van der Waals surface area contributed by atoms with E-state index in [0.29, 0.717) is 21.2 Å². The van der Waals surface area contributed by atoms with Crippen LogP contribution in [-0.2, 0) is 26.7 Å². The summed E-state index contributed by atoms with van der Waals surface area (Å²) < 4.78 is 23.2. The number of rotatable bonds is 4. The number of hydrogen-bond acceptors (Lipinski definition) is 4. The zero-order valence-corrected chi connectivity index (χ0v) is 16.8. The molecule has 2 aromatic carbocycles. The molecule has 2 aromatic rings. The van der Waals surface area contributed by atoms with E-state index < -0.39 is 27.3 Å². The number of urea groups is 1. The molecule has 0 aliphatic carbocycles. The van der Waals surface area contributed by atoms with Crippen molar-refractivity contribution in [3.05, 3.63) is 63.6 Å². The Morgan fingerprint density at radius 3 is 2.26 bits per heavy atom. The topological polar surface area (TPSA) is 83.6 Å². The van der Waals surface area contributed by atoms with Gasteiger partial charge in [0.1, 0.15) is 5.54 Å². The normalized spacial score (nSPS) is 20.1. The Morgan fingerprint density at radius 1 is 1.07 bits per heavy atom. The zero-order valence-electron chi connectivity index (χ0n) is 14.5. The zero-order chi connectivity index (χ0) is 20.0. The molecule has 1 atom stereocenters. The summed E-state index contributed by atoms with van der Waals surface area (Å²) in [4.78, 5) is 26.6. The van der Waals surface area contributed by atoms with Gasteiger partial charge in [-0.1, -0.05) is 41.4 Å². The molecule has 1 N–H and O–H groups in total. The average molecular weight is 427 g/mol. The van der Waals surface area contributed by atoms with Gasteiger partial charge in [-0.15, -0.1) is 0 Å². The smallest absolute Gasteiger partial charge is 0.319 e. The summed E-state index contributed by atoms with van der Waals surface area (Å²) in [6.07, 6.45) is 1.10. The molecular weight excluding hydrogens is 411 g/mol. The molecule has 0 radical (unpaired) electrons. The van der Waals surface area contributed by atoms with Gasteiger partial charge in [0.15, 0.2) is 9.84 Å². The molecule has 27 heavy (non-hydrogen) atoms. The molecule has 9 heteroatoms. The summed E-state index contributed by atoms with van der Waals surface area (Å²) in [5.74, 6) is -0.453. The summed E-state index contributed by atoms with van der Waals surface area (Å²) in [6, 6.07) is 10.1. The molecule has 3 rings (SSSR count). The van der Waals surface area contributed by atoms with Crippen LogP contribution < -0.4 is 5.32 Å². The third kappa shape index (κ3) is 3.67. The Bertz CT molecular complexity index is 1040. The van der Waals surface area contributed by atoms with E-state index in [1.807, 2.05) is 0 Å². The van der Waals surface area contributed by atoms with Gasteiger partial charge in [-0.05, 0) is 42.3 Å². The van der Waals surface area contributed by atoms with Crippen LogP contribution in [0.3, 0.4) is 0 Å². The lowest BCUT2D eigenvalue weighted by atomic mass is 9.92. The molecule has 142 valence electrons. The first kappa shape index (κ1) is 19.7. The van der Waals surface area contributed by atoms with Crippen LogP contribution in [0.4, 0.5) is 4.79 Å². The van der Waals surface area contributed by atoms with Gasteiger partial charge in [0.25, 0.3) is 5.91 Å². The highest BCUT2D eigenvalue weighted by atomic mass is 35.5. The van der Waals surface area contributed by atoms with E-state index in [-0.39, 0.29) is 11.4 Å². The van der Waals surface area contributed by atoms with Crippen molar-refractivity contribution in [2.45, 2.75) is 23.9 Å². The summed E-state index contributed by atoms with van der Waals surface area (Å²) in [5.41, 5.74) is -0.231. The predicted molar refractivity (Wildman–Crippen MR) is 102 cm³/mol. The van der Waals surface area contributed by atoms with Gasteiger partial charge in [0.05, 0.1) is 11.4 Å². The summed E-state index contributed by atoms with van der Waals surface area (Å²) in [6.45, 7) is 1.57. The first-order valence-corrected chi connectivity index (χ1v) is 10.6. The van der Waals surface area contributed by atoms with Crippen LogP contribution in [0.5, 0.6) is 0 Å². The number of nitrogens with zero attached hydrogens (tertiary/aromatic N) is 1. The van der Waals surface area contributed by atoms with E-state index in [2.05, 4.69) is 5.32 Å². The van der Waals surface area contributed by atoms with Gasteiger partial charge >= 0.3 is 6.03 Å². The van der Waals surface area contributed by atoms with E-state index in [1.165, 1.54) is 24.3 Å². The van der Waals surface area contributed by atoms with E-state index in [9.17, 15) is 18.0 Å². The van der Waals surface area contributed by atoms with Crippen LogP contribution in [0.15, 0.2) is 47.4 Å². The quantitative estimate of drug-likeness (QED) is 0.759. The lowest BCUT2D eigenvalue weighted by Gasteiger charge is -2.22. The van der Waals surface area contributed by atoms with E-state index in [1.54, 1.807) is 25.1 Å². The van der Waals surface area contributed by atoms with Crippen molar-refractivity contribution in [2.24, 2.45) is 0 Å². The maximum atomic E-state index is 13.0. The number of hydrogen-bond donors (Lipinski definition) is 1. The van der Waals surface area contributed by atoms with Gasteiger partial charge in [-0.3, -0.25) is 9.69 Å². The Morgan fingerprint density at radius 2 is 1.70 bits per heavy atom. The van der Waals surface area contributed by atoms with Crippen molar-refractivity contribution in [3.63, 3.8) is 0 Å². The largest absolute Gasteiger partial charge is 0.325 e. The van der Waals surface area contributed by atoms with Crippen LogP contribution >= 0.6 is 23.2 Å². The van der Waals surface area contributed by atoms with Crippen LogP contribution in [-0.4, -0.2) is 31.5 Å². The molecule has 1 aliphatic rings. The molecule has 0 bridgehead atoms. The van der Waals surface area contributed by atoms with Crippen molar-refractivity contribution in [1.29, 1.82) is 0 Å². The molecule has 1 unspecified atom stereocenters. The van der Waals surface area contributed by atoms with Gasteiger partial charge in [-0.25, -0.2) is 13.2 Å². The second-order valence-electron chi connectivity index (χ2n) is 6.48. The number of halogens is 2.